The molecule has 0 bridgehead atoms. The first-order chi connectivity index (χ1) is 8.72. The van der Waals surface area contributed by atoms with Crippen LogP contribution in [0.15, 0.2) is 24.3 Å². The molecule has 2 rings (SSSR count). The van der Waals surface area contributed by atoms with Gasteiger partial charge in [0.1, 0.15) is 5.82 Å². The van der Waals surface area contributed by atoms with Gasteiger partial charge in [-0.1, -0.05) is 18.9 Å². The highest BCUT2D eigenvalue weighted by molar-refractivity contribution is 5.94. The first-order valence-electron chi connectivity index (χ1n) is 6.40. The van der Waals surface area contributed by atoms with Crippen molar-refractivity contribution >= 4 is 5.91 Å². The first kappa shape index (κ1) is 13.0. The van der Waals surface area contributed by atoms with E-state index in [2.05, 4.69) is 0 Å². The molecule has 1 aromatic carbocycles. The van der Waals surface area contributed by atoms with Crippen LogP contribution in [0.25, 0.3) is 0 Å². The van der Waals surface area contributed by atoms with Gasteiger partial charge in [0.25, 0.3) is 5.91 Å². The summed E-state index contributed by atoms with van der Waals surface area (Å²) < 4.78 is 13.1. The number of hydrogen-bond donors (Lipinski definition) is 1. The van der Waals surface area contributed by atoms with Gasteiger partial charge in [-0.05, 0) is 31.0 Å². The fourth-order valence-electron chi connectivity index (χ4n) is 2.56. The van der Waals surface area contributed by atoms with E-state index in [1.54, 1.807) is 11.0 Å². The Balaban J connectivity index is 2.17. The third-order valence-electron chi connectivity index (χ3n) is 3.44. The van der Waals surface area contributed by atoms with Crippen molar-refractivity contribution in [3.05, 3.63) is 35.6 Å². The van der Waals surface area contributed by atoms with Gasteiger partial charge in [0.05, 0.1) is 6.61 Å². The van der Waals surface area contributed by atoms with Crippen molar-refractivity contribution in [2.75, 3.05) is 13.2 Å². The lowest BCUT2D eigenvalue weighted by molar-refractivity contribution is 0.0637. The van der Waals surface area contributed by atoms with E-state index < -0.39 is 5.82 Å². The molecule has 1 fully saturated rings. The predicted molar refractivity (Wildman–Crippen MR) is 66.8 cm³/mol. The summed E-state index contributed by atoms with van der Waals surface area (Å²) in [6.45, 7) is 0.261. The maximum Gasteiger partial charge on any atom is 0.254 e. The van der Waals surface area contributed by atoms with E-state index in [9.17, 15) is 9.18 Å². The average molecular weight is 251 g/mol. The molecule has 0 saturated heterocycles. The minimum atomic E-state index is -0.406. The third kappa shape index (κ3) is 2.88. The summed E-state index contributed by atoms with van der Waals surface area (Å²) in [6, 6.07) is 5.91. The highest BCUT2D eigenvalue weighted by Gasteiger charge is 2.26. The molecule has 0 spiro atoms. The fraction of sp³-hybridized carbons (Fsp3) is 0.500. The number of benzene rings is 1. The van der Waals surface area contributed by atoms with Crippen LogP contribution in [0.2, 0.25) is 0 Å². The third-order valence-corrected chi connectivity index (χ3v) is 3.44. The Morgan fingerprint density at radius 1 is 1.39 bits per heavy atom. The minimum Gasteiger partial charge on any atom is -0.395 e. The van der Waals surface area contributed by atoms with Crippen LogP contribution in [-0.2, 0) is 0 Å². The van der Waals surface area contributed by atoms with Crippen LogP contribution in [0.3, 0.4) is 0 Å². The average Bonchev–Trinajstić information content (AvgIpc) is 2.89. The standard InChI is InChI=1S/C14H18FNO2/c15-12-5-3-4-11(10-12)14(18)16(8-9-17)13-6-1-2-7-13/h3-5,10,13,17H,1-2,6-9H2. The van der Waals surface area contributed by atoms with Gasteiger partial charge in [-0.25, -0.2) is 4.39 Å². The lowest BCUT2D eigenvalue weighted by atomic mass is 10.1. The normalized spacial score (nSPS) is 15.9. The molecule has 0 aromatic heterocycles. The fourth-order valence-corrected chi connectivity index (χ4v) is 2.56. The molecular weight excluding hydrogens is 233 g/mol. The second-order valence-electron chi connectivity index (χ2n) is 4.67. The number of amides is 1. The lowest BCUT2D eigenvalue weighted by Crippen LogP contribution is -2.40. The monoisotopic (exact) mass is 251 g/mol. The summed E-state index contributed by atoms with van der Waals surface area (Å²) in [7, 11) is 0. The van der Waals surface area contributed by atoms with Crippen LogP contribution in [-0.4, -0.2) is 35.1 Å². The smallest absolute Gasteiger partial charge is 0.254 e. The van der Waals surface area contributed by atoms with E-state index in [1.807, 2.05) is 0 Å². The van der Waals surface area contributed by atoms with E-state index in [-0.39, 0.29) is 18.6 Å². The topological polar surface area (TPSA) is 40.5 Å². The minimum absolute atomic E-state index is 0.0580. The summed E-state index contributed by atoms with van der Waals surface area (Å²) in [5, 5.41) is 9.08. The SMILES string of the molecule is O=C(c1cccc(F)c1)N(CCO)C1CCCC1. The zero-order valence-electron chi connectivity index (χ0n) is 10.3. The number of nitrogens with zero attached hydrogens (tertiary/aromatic N) is 1. The van der Waals surface area contributed by atoms with Gasteiger partial charge < -0.3 is 10.0 Å². The molecule has 0 unspecified atom stereocenters. The van der Waals surface area contributed by atoms with Crippen LogP contribution in [0, 0.1) is 5.82 Å². The number of rotatable bonds is 4. The van der Waals surface area contributed by atoms with Crippen molar-refractivity contribution < 1.29 is 14.3 Å². The molecular formula is C14H18FNO2. The maximum atomic E-state index is 13.1. The Labute approximate surface area is 106 Å². The van der Waals surface area contributed by atoms with Gasteiger partial charge in [0.2, 0.25) is 0 Å². The Morgan fingerprint density at radius 2 is 2.11 bits per heavy atom. The molecule has 3 nitrogen and oxygen atoms in total. The Kier molecular flexibility index (Phi) is 4.31. The van der Waals surface area contributed by atoms with Gasteiger partial charge in [0, 0.05) is 18.2 Å². The van der Waals surface area contributed by atoms with Crippen molar-refractivity contribution in [3.63, 3.8) is 0 Å². The van der Waals surface area contributed by atoms with Crippen LogP contribution in [0.4, 0.5) is 4.39 Å². The van der Waals surface area contributed by atoms with Gasteiger partial charge in [0.15, 0.2) is 0 Å². The van der Waals surface area contributed by atoms with Crippen LogP contribution in [0.5, 0.6) is 0 Å². The molecule has 1 N–H and O–H groups in total. The molecule has 18 heavy (non-hydrogen) atoms. The molecule has 0 radical (unpaired) electrons. The highest BCUT2D eigenvalue weighted by Crippen LogP contribution is 2.24. The van der Waals surface area contributed by atoms with Crippen LogP contribution < -0.4 is 0 Å². The molecule has 1 saturated carbocycles. The molecule has 4 heteroatoms. The number of hydrogen-bond acceptors (Lipinski definition) is 2. The van der Waals surface area contributed by atoms with E-state index in [4.69, 9.17) is 5.11 Å². The molecule has 98 valence electrons. The van der Waals surface area contributed by atoms with Crippen molar-refractivity contribution in [2.24, 2.45) is 0 Å². The van der Waals surface area contributed by atoms with Gasteiger partial charge in [-0.15, -0.1) is 0 Å². The number of carbonyl (C=O) groups excluding carboxylic acids is 1. The Hall–Kier alpha value is -1.42. The quantitative estimate of drug-likeness (QED) is 0.891. The van der Waals surface area contributed by atoms with Crippen molar-refractivity contribution in [1.82, 2.24) is 4.90 Å². The second-order valence-corrected chi connectivity index (χ2v) is 4.67. The zero-order chi connectivity index (χ0) is 13.0. The zero-order valence-corrected chi connectivity index (χ0v) is 10.3. The largest absolute Gasteiger partial charge is 0.395 e. The molecule has 0 heterocycles. The molecule has 1 aromatic rings. The summed E-state index contributed by atoms with van der Waals surface area (Å²) >= 11 is 0. The van der Waals surface area contributed by atoms with E-state index in [0.717, 1.165) is 25.7 Å². The van der Waals surface area contributed by atoms with Crippen LogP contribution in [0.1, 0.15) is 36.0 Å². The molecule has 0 aliphatic heterocycles. The van der Waals surface area contributed by atoms with E-state index in [1.165, 1.54) is 18.2 Å². The van der Waals surface area contributed by atoms with Crippen LogP contribution >= 0.6 is 0 Å². The predicted octanol–water partition coefficient (Wildman–Crippen LogP) is 2.20. The first-order valence-corrected chi connectivity index (χ1v) is 6.40. The van der Waals surface area contributed by atoms with E-state index in [0.29, 0.717) is 12.1 Å². The Morgan fingerprint density at radius 3 is 2.72 bits per heavy atom. The summed E-state index contributed by atoms with van der Waals surface area (Å²) in [5.41, 5.74) is 0.357. The molecule has 0 atom stereocenters. The number of aliphatic hydroxyl groups excluding tert-OH is 1. The van der Waals surface area contributed by atoms with Crippen molar-refractivity contribution in [3.8, 4) is 0 Å². The van der Waals surface area contributed by atoms with Gasteiger partial charge in [-0.3, -0.25) is 4.79 Å². The summed E-state index contributed by atoms with van der Waals surface area (Å²) in [4.78, 5) is 14.0. The number of carbonyl (C=O) groups is 1. The summed E-state index contributed by atoms with van der Waals surface area (Å²) in [6.07, 6.45) is 4.17. The lowest BCUT2D eigenvalue weighted by Gasteiger charge is -2.28. The molecule has 1 aliphatic carbocycles. The number of aliphatic hydroxyl groups is 1. The van der Waals surface area contributed by atoms with Gasteiger partial charge >= 0.3 is 0 Å². The highest BCUT2D eigenvalue weighted by atomic mass is 19.1. The Bertz CT molecular complexity index is 416. The number of halogens is 1. The van der Waals surface area contributed by atoms with Crippen molar-refractivity contribution in [1.29, 1.82) is 0 Å². The van der Waals surface area contributed by atoms with Crippen molar-refractivity contribution in [2.45, 2.75) is 31.7 Å². The second kappa shape index (κ2) is 5.96. The van der Waals surface area contributed by atoms with E-state index >= 15 is 0 Å². The maximum absolute atomic E-state index is 13.1. The van der Waals surface area contributed by atoms with Gasteiger partial charge in [-0.2, -0.15) is 0 Å². The molecule has 1 amide bonds. The summed E-state index contributed by atoms with van der Waals surface area (Å²) in [5.74, 6) is -0.591. The molecule has 1 aliphatic rings.